The summed E-state index contributed by atoms with van der Waals surface area (Å²) in [5.41, 5.74) is 1.27. The Morgan fingerprint density at radius 2 is 1.79 bits per heavy atom. The van der Waals surface area contributed by atoms with Gasteiger partial charge in [0.2, 0.25) is 5.91 Å². The molecule has 104 valence electrons. The van der Waals surface area contributed by atoms with E-state index in [-0.39, 0.29) is 24.4 Å². The van der Waals surface area contributed by atoms with Crippen LogP contribution in [-0.4, -0.2) is 41.9 Å². The van der Waals surface area contributed by atoms with E-state index in [2.05, 4.69) is 35.7 Å². The summed E-state index contributed by atoms with van der Waals surface area (Å²) in [5, 5.41) is 0. The smallest absolute Gasteiger partial charge is 0.219 e. The Balaban J connectivity index is 0.00000180. The molecule has 0 aromatic heterocycles. The van der Waals surface area contributed by atoms with Crippen LogP contribution in [0.5, 0.6) is 0 Å². The Morgan fingerprint density at radius 1 is 1.21 bits per heavy atom. The fraction of sp³-hybridized carbons (Fsp3) is 0.400. The molecule has 19 heavy (non-hydrogen) atoms. The van der Waals surface area contributed by atoms with Gasteiger partial charge in [0.1, 0.15) is 0 Å². The van der Waals surface area contributed by atoms with Crippen LogP contribution in [0.3, 0.4) is 0 Å². The number of carbonyl (C=O) groups excluding carboxylic acids is 1. The maximum Gasteiger partial charge on any atom is 0.219 e. The number of carbonyl (C=O) groups is 1. The normalized spacial score (nSPS) is 17.4. The third kappa shape index (κ3) is 3.82. The summed E-state index contributed by atoms with van der Waals surface area (Å²) in [6.07, 6.45) is 1.98. The zero-order valence-electron chi connectivity index (χ0n) is 11.3. The first kappa shape index (κ1) is 15.7. The lowest BCUT2D eigenvalue weighted by Crippen LogP contribution is -2.48. The summed E-state index contributed by atoms with van der Waals surface area (Å²) in [5.74, 6) is 0.171. The van der Waals surface area contributed by atoms with Crippen LogP contribution < -0.4 is 0 Å². The molecule has 0 bridgehead atoms. The van der Waals surface area contributed by atoms with Crippen LogP contribution in [-0.2, 0) is 4.79 Å². The van der Waals surface area contributed by atoms with Gasteiger partial charge in [-0.05, 0) is 5.56 Å². The second kappa shape index (κ2) is 7.31. The van der Waals surface area contributed by atoms with Crippen molar-refractivity contribution >= 4 is 18.3 Å². The van der Waals surface area contributed by atoms with Crippen LogP contribution in [0.1, 0.15) is 18.5 Å². The maximum atomic E-state index is 11.3. The minimum Gasteiger partial charge on any atom is -0.340 e. The first-order valence-corrected chi connectivity index (χ1v) is 6.39. The SMILES string of the molecule is C=CC(c1ccccc1)N1CCN(C(C)=O)CC1.Cl. The molecule has 1 saturated heterocycles. The summed E-state index contributed by atoms with van der Waals surface area (Å²) < 4.78 is 0. The van der Waals surface area contributed by atoms with Crippen molar-refractivity contribution in [1.29, 1.82) is 0 Å². The van der Waals surface area contributed by atoms with Crippen molar-refractivity contribution < 1.29 is 4.79 Å². The summed E-state index contributed by atoms with van der Waals surface area (Å²) in [4.78, 5) is 15.6. The topological polar surface area (TPSA) is 23.6 Å². The number of hydrogen-bond donors (Lipinski definition) is 0. The third-order valence-electron chi connectivity index (χ3n) is 3.52. The van der Waals surface area contributed by atoms with E-state index in [1.54, 1.807) is 6.92 Å². The average molecular weight is 281 g/mol. The van der Waals surface area contributed by atoms with E-state index in [9.17, 15) is 4.79 Å². The third-order valence-corrected chi connectivity index (χ3v) is 3.52. The van der Waals surface area contributed by atoms with Crippen molar-refractivity contribution in [2.24, 2.45) is 0 Å². The van der Waals surface area contributed by atoms with Crippen molar-refractivity contribution in [3.05, 3.63) is 48.6 Å². The summed E-state index contributed by atoms with van der Waals surface area (Å²) in [6, 6.07) is 10.6. The Hall–Kier alpha value is -1.32. The summed E-state index contributed by atoms with van der Waals surface area (Å²) in [6.45, 7) is 9.02. The van der Waals surface area contributed by atoms with E-state index in [4.69, 9.17) is 0 Å². The molecule has 1 aliphatic heterocycles. The van der Waals surface area contributed by atoms with Gasteiger partial charge in [-0.3, -0.25) is 9.69 Å². The van der Waals surface area contributed by atoms with E-state index in [1.165, 1.54) is 5.56 Å². The van der Waals surface area contributed by atoms with Crippen molar-refractivity contribution in [3.8, 4) is 0 Å². The van der Waals surface area contributed by atoms with Gasteiger partial charge in [-0.25, -0.2) is 0 Å². The van der Waals surface area contributed by atoms with E-state index in [0.29, 0.717) is 0 Å². The maximum absolute atomic E-state index is 11.3. The molecule has 1 aromatic rings. The van der Waals surface area contributed by atoms with Gasteiger partial charge in [0.05, 0.1) is 6.04 Å². The molecule has 2 rings (SSSR count). The van der Waals surface area contributed by atoms with Crippen LogP contribution in [0.25, 0.3) is 0 Å². The zero-order chi connectivity index (χ0) is 13.0. The first-order valence-electron chi connectivity index (χ1n) is 6.39. The lowest BCUT2D eigenvalue weighted by molar-refractivity contribution is -0.130. The number of rotatable bonds is 3. The molecule has 1 aliphatic rings. The van der Waals surface area contributed by atoms with Gasteiger partial charge >= 0.3 is 0 Å². The fourth-order valence-electron chi connectivity index (χ4n) is 2.46. The number of hydrogen-bond acceptors (Lipinski definition) is 2. The van der Waals surface area contributed by atoms with Crippen molar-refractivity contribution in [3.63, 3.8) is 0 Å². The van der Waals surface area contributed by atoms with Crippen molar-refractivity contribution in [2.45, 2.75) is 13.0 Å². The number of halogens is 1. The van der Waals surface area contributed by atoms with Crippen LogP contribution in [0, 0.1) is 0 Å². The number of benzene rings is 1. The number of nitrogens with zero attached hydrogens (tertiary/aromatic N) is 2. The highest BCUT2D eigenvalue weighted by molar-refractivity contribution is 5.85. The molecule has 0 aliphatic carbocycles. The Bertz CT molecular complexity index is 413. The molecule has 1 heterocycles. The largest absolute Gasteiger partial charge is 0.340 e. The van der Waals surface area contributed by atoms with E-state index >= 15 is 0 Å². The Labute approximate surface area is 121 Å². The summed E-state index contributed by atoms with van der Waals surface area (Å²) in [7, 11) is 0. The van der Waals surface area contributed by atoms with Gasteiger partial charge in [-0.1, -0.05) is 36.4 Å². The first-order chi connectivity index (χ1) is 8.72. The molecule has 4 heteroatoms. The van der Waals surface area contributed by atoms with E-state index in [0.717, 1.165) is 26.2 Å². The number of amides is 1. The Morgan fingerprint density at radius 3 is 2.26 bits per heavy atom. The van der Waals surface area contributed by atoms with Crippen molar-refractivity contribution in [2.75, 3.05) is 26.2 Å². The minimum absolute atomic E-state index is 0. The van der Waals surface area contributed by atoms with Gasteiger partial charge in [-0.2, -0.15) is 0 Å². The predicted molar refractivity (Wildman–Crippen MR) is 80.5 cm³/mol. The molecule has 3 nitrogen and oxygen atoms in total. The molecule has 0 radical (unpaired) electrons. The molecule has 0 spiro atoms. The van der Waals surface area contributed by atoms with Crippen LogP contribution in [0.15, 0.2) is 43.0 Å². The van der Waals surface area contributed by atoms with Gasteiger partial charge in [0, 0.05) is 33.1 Å². The van der Waals surface area contributed by atoms with Crippen LogP contribution in [0.4, 0.5) is 0 Å². The average Bonchev–Trinajstić information content (AvgIpc) is 2.41. The van der Waals surface area contributed by atoms with Gasteiger partial charge in [0.25, 0.3) is 0 Å². The minimum atomic E-state index is 0. The molecular weight excluding hydrogens is 260 g/mol. The molecule has 1 aromatic carbocycles. The van der Waals surface area contributed by atoms with Gasteiger partial charge in [-0.15, -0.1) is 19.0 Å². The molecule has 0 saturated carbocycles. The standard InChI is InChI=1S/C15H20N2O.ClH/c1-3-15(14-7-5-4-6-8-14)17-11-9-16(10-12-17)13(2)18;/h3-8,15H,1,9-12H2,2H3;1H. The Kier molecular flexibility index (Phi) is 6.06. The van der Waals surface area contributed by atoms with Crippen LogP contribution in [0.2, 0.25) is 0 Å². The highest BCUT2D eigenvalue weighted by atomic mass is 35.5. The van der Waals surface area contributed by atoms with E-state index < -0.39 is 0 Å². The summed E-state index contributed by atoms with van der Waals surface area (Å²) >= 11 is 0. The lowest BCUT2D eigenvalue weighted by Gasteiger charge is -2.38. The zero-order valence-corrected chi connectivity index (χ0v) is 12.1. The lowest BCUT2D eigenvalue weighted by atomic mass is 10.0. The number of piperazine rings is 1. The monoisotopic (exact) mass is 280 g/mol. The molecule has 1 amide bonds. The molecular formula is C15H21ClN2O. The fourth-order valence-corrected chi connectivity index (χ4v) is 2.46. The van der Waals surface area contributed by atoms with Gasteiger partial charge in [0.15, 0.2) is 0 Å². The van der Waals surface area contributed by atoms with Gasteiger partial charge < -0.3 is 4.90 Å². The molecule has 1 fully saturated rings. The van der Waals surface area contributed by atoms with Crippen molar-refractivity contribution in [1.82, 2.24) is 9.80 Å². The molecule has 1 atom stereocenters. The molecule has 0 N–H and O–H groups in total. The highest BCUT2D eigenvalue weighted by Crippen LogP contribution is 2.22. The second-order valence-electron chi connectivity index (χ2n) is 4.63. The quantitative estimate of drug-likeness (QED) is 0.795. The second-order valence-corrected chi connectivity index (χ2v) is 4.63. The molecule has 1 unspecified atom stereocenters. The van der Waals surface area contributed by atoms with E-state index in [1.807, 2.05) is 17.0 Å². The van der Waals surface area contributed by atoms with Crippen LogP contribution >= 0.6 is 12.4 Å². The highest BCUT2D eigenvalue weighted by Gasteiger charge is 2.23. The predicted octanol–water partition coefficient (Wildman–Crippen LogP) is 2.50.